The predicted molar refractivity (Wildman–Crippen MR) is 60.0 cm³/mol. The van der Waals surface area contributed by atoms with Gasteiger partial charge in [-0.3, -0.25) is 0 Å². The molecule has 0 radical (unpaired) electrons. The summed E-state index contributed by atoms with van der Waals surface area (Å²) in [6.07, 6.45) is -10.6. The number of esters is 1. The van der Waals surface area contributed by atoms with Crippen molar-refractivity contribution in [2.24, 2.45) is 0 Å². The second-order valence-corrected chi connectivity index (χ2v) is 4.31. The molecule has 0 saturated heterocycles. The highest BCUT2D eigenvalue weighted by atomic mass is 127. The van der Waals surface area contributed by atoms with E-state index in [1.807, 2.05) is 0 Å². The van der Waals surface area contributed by atoms with Gasteiger partial charge < -0.3 is 9.47 Å². The Morgan fingerprint density at radius 1 is 1.25 bits per heavy atom. The molecule has 0 spiro atoms. The van der Waals surface area contributed by atoms with Gasteiger partial charge >= 0.3 is 18.5 Å². The molecule has 0 N–H and O–H groups in total. The number of rotatable bonds is 2. The number of halogens is 7. The lowest BCUT2D eigenvalue weighted by atomic mass is 10.1. The standard InChI is InChI=1S/C9H4F6INO3/c1-19-7(18)6-5(8(10,11)12)3(2-4(16)17-6)20-9(13,14)15/h2H,1H3. The van der Waals surface area contributed by atoms with Crippen LogP contribution in [0.1, 0.15) is 16.1 Å². The van der Waals surface area contributed by atoms with Crippen molar-refractivity contribution in [3.63, 3.8) is 0 Å². The highest BCUT2D eigenvalue weighted by Gasteiger charge is 2.44. The third-order valence-corrected chi connectivity index (χ3v) is 2.39. The maximum Gasteiger partial charge on any atom is 0.573 e. The zero-order valence-electron chi connectivity index (χ0n) is 9.40. The Bertz CT molecular complexity index is 528. The van der Waals surface area contributed by atoms with Crippen LogP contribution in [0.15, 0.2) is 6.07 Å². The van der Waals surface area contributed by atoms with Gasteiger partial charge in [0.05, 0.1) is 7.11 Å². The highest BCUT2D eigenvalue weighted by Crippen LogP contribution is 2.40. The molecule has 1 rings (SSSR count). The van der Waals surface area contributed by atoms with Crippen molar-refractivity contribution in [2.45, 2.75) is 12.5 Å². The minimum atomic E-state index is -5.35. The van der Waals surface area contributed by atoms with Crippen LogP contribution in [-0.2, 0) is 10.9 Å². The molecule has 0 aliphatic carbocycles. The SMILES string of the molecule is COC(=O)c1nc(I)cc(OC(F)(F)F)c1C(F)(F)F. The summed E-state index contributed by atoms with van der Waals surface area (Å²) in [5.74, 6) is -3.09. The first-order valence-corrected chi connectivity index (χ1v) is 5.65. The van der Waals surface area contributed by atoms with E-state index in [2.05, 4.69) is 14.5 Å². The number of alkyl halides is 6. The van der Waals surface area contributed by atoms with Crippen LogP contribution in [0.25, 0.3) is 0 Å². The van der Waals surface area contributed by atoms with Crippen LogP contribution in [0, 0.1) is 3.70 Å². The molecule has 20 heavy (non-hydrogen) atoms. The normalized spacial score (nSPS) is 12.2. The van der Waals surface area contributed by atoms with Crippen LogP contribution in [0.5, 0.6) is 5.75 Å². The first kappa shape index (κ1) is 16.8. The first-order valence-electron chi connectivity index (χ1n) is 4.57. The third-order valence-electron chi connectivity index (χ3n) is 1.84. The Balaban J connectivity index is 3.57. The van der Waals surface area contributed by atoms with Crippen molar-refractivity contribution in [3.8, 4) is 5.75 Å². The van der Waals surface area contributed by atoms with E-state index < -0.39 is 35.5 Å². The van der Waals surface area contributed by atoms with Gasteiger partial charge in [0, 0.05) is 6.07 Å². The monoisotopic (exact) mass is 415 g/mol. The van der Waals surface area contributed by atoms with Gasteiger partial charge in [-0.1, -0.05) is 0 Å². The molecule has 1 aromatic rings. The smallest absolute Gasteiger partial charge is 0.464 e. The van der Waals surface area contributed by atoms with E-state index in [1.54, 1.807) is 0 Å². The minimum Gasteiger partial charge on any atom is -0.464 e. The van der Waals surface area contributed by atoms with E-state index >= 15 is 0 Å². The number of hydrogen-bond acceptors (Lipinski definition) is 4. The van der Waals surface area contributed by atoms with Gasteiger partial charge in [-0.2, -0.15) is 13.2 Å². The summed E-state index contributed by atoms with van der Waals surface area (Å²) in [5.41, 5.74) is -3.24. The van der Waals surface area contributed by atoms with Crippen molar-refractivity contribution in [3.05, 3.63) is 21.0 Å². The zero-order chi connectivity index (χ0) is 15.7. The Morgan fingerprint density at radius 2 is 1.80 bits per heavy atom. The average Bonchev–Trinajstić information content (AvgIpc) is 2.22. The fourth-order valence-corrected chi connectivity index (χ4v) is 1.74. The van der Waals surface area contributed by atoms with Gasteiger partial charge in [0.2, 0.25) is 0 Å². The maximum absolute atomic E-state index is 12.8. The van der Waals surface area contributed by atoms with Crippen molar-refractivity contribution in [1.29, 1.82) is 0 Å². The number of carbonyl (C=O) groups excluding carboxylic acids is 1. The third kappa shape index (κ3) is 4.11. The highest BCUT2D eigenvalue weighted by molar-refractivity contribution is 14.1. The minimum absolute atomic E-state index is 0.296. The fourth-order valence-electron chi connectivity index (χ4n) is 1.22. The van der Waals surface area contributed by atoms with E-state index in [0.29, 0.717) is 6.07 Å². The number of nitrogens with zero attached hydrogens (tertiary/aromatic N) is 1. The lowest BCUT2D eigenvalue weighted by Crippen LogP contribution is -2.23. The molecular weight excluding hydrogens is 411 g/mol. The molecule has 0 fully saturated rings. The summed E-state index contributed by atoms with van der Waals surface area (Å²) in [4.78, 5) is 14.5. The van der Waals surface area contributed by atoms with E-state index in [1.165, 1.54) is 22.6 Å². The Kier molecular flexibility index (Phi) is 4.71. The van der Waals surface area contributed by atoms with Crippen LogP contribution < -0.4 is 4.74 Å². The van der Waals surface area contributed by atoms with E-state index in [0.717, 1.165) is 7.11 Å². The molecule has 0 aliphatic rings. The van der Waals surface area contributed by atoms with Crippen molar-refractivity contribution >= 4 is 28.6 Å². The average molecular weight is 415 g/mol. The van der Waals surface area contributed by atoms with Gasteiger partial charge in [0.25, 0.3) is 0 Å². The topological polar surface area (TPSA) is 48.4 Å². The molecule has 112 valence electrons. The number of ether oxygens (including phenoxy) is 2. The number of aromatic nitrogens is 1. The second-order valence-electron chi connectivity index (χ2n) is 3.20. The van der Waals surface area contributed by atoms with Crippen LogP contribution >= 0.6 is 22.6 Å². The first-order chi connectivity index (χ1) is 8.95. The Labute approximate surface area is 121 Å². The molecule has 1 aromatic heterocycles. The van der Waals surface area contributed by atoms with Gasteiger partial charge in [0.15, 0.2) is 5.69 Å². The quantitative estimate of drug-likeness (QED) is 0.322. The van der Waals surface area contributed by atoms with Gasteiger partial charge in [-0.15, -0.1) is 13.2 Å². The van der Waals surface area contributed by atoms with E-state index in [-0.39, 0.29) is 3.70 Å². The lowest BCUT2D eigenvalue weighted by molar-refractivity contribution is -0.276. The molecule has 0 aliphatic heterocycles. The van der Waals surface area contributed by atoms with Gasteiger partial charge in [-0.05, 0) is 22.6 Å². The summed E-state index contributed by atoms with van der Waals surface area (Å²) in [7, 11) is 0.772. The molecule has 0 unspecified atom stereocenters. The number of hydrogen-bond donors (Lipinski definition) is 0. The lowest BCUT2D eigenvalue weighted by Gasteiger charge is -2.17. The summed E-state index contributed by atoms with van der Waals surface area (Å²) in [6, 6.07) is 0.420. The van der Waals surface area contributed by atoms with Crippen LogP contribution in [0.3, 0.4) is 0 Å². The molecule has 11 heteroatoms. The van der Waals surface area contributed by atoms with Crippen molar-refractivity contribution in [1.82, 2.24) is 4.98 Å². The van der Waals surface area contributed by atoms with E-state index in [9.17, 15) is 31.1 Å². The second kappa shape index (κ2) is 5.61. The predicted octanol–water partition coefficient (Wildman–Crippen LogP) is 3.39. The summed E-state index contributed by atoms with van der Waals surface area (Å²) < 4.78 is 81.9. The van der Waals surface area contributed by atoms with Crippen molar-refractivity contribution in [2.75, 3.05) is 7.11 Å². The molecule has 0 aromatic carbocycles. The molecule has 0 amide bonds. The molecule has 0 saturated carbocycles. The number of pyridine rings is 1. The van der Waals surface area contributed by atoms with Crippen LogP contribution in [0.2, 0.25) is 0 Å². The molecule has 1 heterocycles. The zero-order valence-corrected chi connectivity index (χ0v) is 11.6. The maximum atomic E-state index is 12.8. The number of carbonyl (C=O) groups is 1. The van der Waals surface area contributed by atoms with Crippen LogP contribution in [0.4, 0.5) is 26.3 Å². The number of methoxy groups -OCH3 is 1. The molecular formula is C9H4F6INO3. The molecule has 0 bridgehead atoms. The summed E-state index contributed by atoms with van der Waals surface area (Å²) >= 11 is 1.34. The summed E-state index contributed by atoms with van der Waals surface area (Å²) in [5, 5.41) is 0. The van der Waals surface area contributed by atoms with Crippen LogP contribution in [-0.4, -0.2) is 24.4 Å². The Morgan fingerprint density at radius 3 is 2.20 bits per heavy atom. The fraction of sp³-hybridized carbons (Fsp3) is 0.333. The largest absolute Gasteiger partial charge is 0.573 e. The summed E-state index contributed by atoms with van der Waals surface area (Å²) in [6.45, 7) is 0. The van der Waals surface area contributed by atoms with Gasteiger partial charge in [-0.25, -0.2) is 9.78 Å². The van der Waals surface area contributed by atoms with Crippen molar-refractivity contribution < 1.29 is 40.6 Å². The van der Waals surface area contributed by atoms with Gasteiger partial charge in [0.1, 0.15) is 15.0 Å². The Hall–Kier alpha value is -1.27. The molecule has 4 nitrogen and oxygen atoms in total. The molecule has 0 atom stereocenters. The van der Waals surface area contributed by atoms with E-state index in [4.69, 9.17) is 0 Å².